The Morgan fingerprint density at radius 3 is 1.89 bits per heavy atom. The first-order valence-electron chi connectivity index (χ1n) is 11.3. The fourth-order valence-electron chi connectivity index (χ4n) is 5.28. The van der Waals surface area contributed by atoms with Gasteiger partial charge in [-0.1, -0.05) is 68.9 Å². The van der Waals surface area contributed by atoms with Gasteiger partial charge in [0.1, 0.15) is 0 Å². The highest BCUT2D eigenvalue weighted by Crippen LogP contribution is 2.40. The largest absolute Gasteiger partial charge is 0.488 e. The zero-order chi connectivity index (χ0) is 18.5. The van der Waals surface area contributed by atoms with Crippen molar-refractivity contribution in [2.24, 2.45) is 11.8 Å². The molecule has 1 aromatic rings. The maximum atomic E-state index is 6.57. The molecule has 3 aliphatic rings. The first-order valence-corrected chi connectivity index (χ1v) is 11.3. The van der Waals surface area contributed by atoms with Crippen LogP contribution in [0.15, 0.2) is 30.3 Å². The van der Waals surface area contributed by atoms with Crippen molar-refractivity contribution in [1.29, 1.82) is 0 Å². The first-order chi connectivity index (χ1) is 13.3. The lowest BCUT2D eigenvalue weighted by molar-refractivity contribution is 0.0324. The Kier molecular flexibility index (Phi) is 6.91. The highest BCUT2D eigenvalue weighted by atomic mass is 16.7. The van der Waals surface area contributed by atoms with E-state index in [4.69, 9.17) is 14.0 Å². The maximum Gasteiger partial charge on any atom is 0.488 e. The predicted octanol–water partition coefficient (Wildman–Crippen LogP) is 5.56. The average molecular weight is 370 g/mol. The Bertz CT molecular complexity index is 528. The molecule has 0 spiro atoms. The minimum absolute atomic E-state index is 0.0371. The third-order valence-corrected chi connectivity index (χ3v) is 6.87. The van der Waals surface area contributed by atoms with Gasteiger partial charge in [0.15, 0.2) is 0 Å². The number of rotatable bonds is 6. The molecule has 0 amide bonds. The van der Waals surface area contributed by atoms with Gasteiger partial charge in [0, 0.05) is 0 Å². The topological polar surface area (TPSA) is 27.7 Å². The van der Waals surface area contributed by atoms with E-state index in [0.29, 0.717) is 18.4 Å². The van der Waals surface area contributed by atoms with E-state index in [1.54, 1.807) is 0 Å². The summed E-state index contributed by atoms with van der Waals surface area (Å²) in [4.78, 5) is 0. The van der Waals surface area contributed by atoms with E-state index in [1.807, 2.05) is 6.07 Å². The van der Waals surface area contributed by atoms with Crippen LogP contribution in [0, 0.1) is 11.8 Å². The minimum Gasteiger partial charge on any atom is -0.404 e. The molecule has 0 unspecified atom stereocenters. The number of benzene rings is 1. The van der Waals surface area contributed by atoms with Gasteiger partial charge in [-0.25, -0.2) is 0 Å². The van der Waals surface area contributed by atoms with Gasteiger partial charge < -0.3 is 14.0 Å². The number of hydrogen-bond donors (Lipinski definition) is 0. The molecule has 3 atom stereocenters. The number of ether oxygens (including phenoxy) is 1. The van der Waals surface area contributed by atoms with Crippen LogP contribution >= 0.6 is 0 Å². The van der Waals surface area contributed by atoms with Gasteiger partial charge in [-0.2, -0.15) is 0 Å². The van der Waals surface area contributed by atoms with Crippen LogP contribution in [0.25, 0.3) is 0 Å². The fraction of sp³-hybridized carbons (Fsp3) is 0.739. The predicted molar refractivity (Wildman–Crippen MR) is 109 cm³/mol. The smallest absolute Gasteiger partial charge is 0.404 e. The normalized spacial score (nSPS) is 29.1. The van der Waals surface area contributed by atoms with Crippen molar-refractivity contribution in [2.75, 3.05) is 0 Å². The first kappa shape index (κ1) is 19.5. The second-order valence-corrected chi connectivity index (χ2v) is 8.87. The third kappa shape index (κ3) is 4.96. The standard InChI is InChI=1S/C23H35BO3/c1-18(25-17-19-11-5-2-6-12-19)24-26-22(20-13-7-3-8-14-20)23(27-24)21-15-9-4-10-16-21/h2,5-6,11-12,18,20-23H,3-4,7-10,13-17H2,1H3/t18-,22+,23+/m1/s1. The van der Waals surface area contributed by atoms with Gasteiger partial charge in [0.05, 0.1) is 24.8 Å². The lowest BCUT2D eigenvalue weighted by Crippen LogP contribution is -2.38. The molecule has 1 aromatic carbocycles. The van der Waals surface area contributed by atoms with E-state index in [2.05, 4.69) is 31.2 Å². The molecule has 27 heavy (non-hydrogen) atoms. The summed E-state index contributed by atoms with van der Waals surface area (Å²) in [6, 6.07) is 10.3. The summed E-state index contributed by atoms with van der Waals surface area (Å²) >= 11 is 0. The lowest BCUT2D eigenvalue weighted by atomic mass is 9.77. The van der Waals surface area contributed by atoms with Crippen LogP contribution in [0.1, 0.15) is 76.7 Å². The van der Waals surface area contributed by atoms with E-state index in [9.17, 15) is 0 Å². The quantitative estimate of drug-likeness (QED) is 0.613. The van der Waals surface area contributed by atoms with E-state index in [1.165, 1.54) is 69.8 Å². The van der Waals surface area contributed by atoms with E-state index in [-0.39, 0.29) is 25.3 Å². The summed E-state index contributed by atoms with van der Waals surface area (Å²) in [7, 11) is -0.215. The Morgan fingerprint density at radius 2 is 1.37 bits per heavy atom. The molecular formula is C23H35BO3. The molecule has 2 aliphatic carbocycles. The van der Waals surface area contributed by atoms with Gasteiger partial charge in [0.2, 0.25) is 0 Å². The molecule has 1 aliphatic heterocycles. The van der Waals surface area contributed by atoms with E-state index >= 15 is 0 Å². The second kappa shape index (κ2) is 9.58. The third-order valence-electron chi connectivity index (χ3n) is 6.87. The van der Waals surface area contributed by atoms with Gasteiger partial charge in [-0.05, 0) is 50.0 Å². The molecule has 4 heteroatoms. The fourth-order valence-corrected chi connectivity index (χ4v) is 5.28. The van der Waals surface area contributed by atoms with Crippen LogP contribution in [0.3, 0.4) is 0 Å². The van der Waals surface area contributed by atoms with Crippen molar-refractivity contribution < 1.29 is 14.0 Å². The minimum atomic E-state index is -0.215. The molecule has 0 radical (unpaired) electrons. The maximum absolute atomic E-state index is 6.57. The van der Waals surface area contributed by atoms with Gasteiger partial charge in [0.25, 0.3) is 0 Å². The van der Waals surface area contributed by atoms with Crippen molar-refractivity contribution in [2.45, 2.75) is 96.0 Å². The second-order valence-electron chi connectivity index (χ2n) is 8.87. The van der Waals surface area contributed by atoms with Crippen molar-refractivity contribution >= 4 is 7.12 Å². The van der Waals surface area contributed by atoms with Crippen LogP contribution in [0.5, 0.6) is 0 Å². The summed E-state index contributed by atoms with van der Waals surface area (Å²) in [5.41, 5.74) is 1.20. The van der Waals surface area contributed by atoms with Crippen LogP contribution in [0.2, 0.25) is 0 Å². The molecule has 3 nitrogen and oxygen atoms in total. The molecule has 0 N–H and O–H groups in total. The monoisotopic (exact) mass is 370 g/mol. The molecule has 4 rings (SSSR count). The van der Waals surface area contributed by atoms with Crippen molar-refractivity contribution in [3.63, 3.8) is 0 Å². The SMILES string of the molecule is C[C@@H](OCc1ccccc1)B1O[C@@H](C2CCCCC2)[C@H](C2CCCCC2)O1. The zero-order valence-electron chi connectivity index (χ0n) is 16.9. The Hall–Kier alpha value is -0.835. The van der Waals surface area contributed by atoms with Crippen molar-refractivity contribution in [1.82, 2.24) is 0 Å². The lowest BCUT2D eigenvalue weighted by Gasteiger charge is -2.35. The summed E-state index contributed by atoms with van der Waals surface area (Å²) < 4.78 is 19.3. The Labute approximate surface area is 165 Å². The van der Waals surface area contributed by atoms with Crippen LogP contribution < -0.4 is 0 Å². The van der Waals surface area contributed by atoms with Crippen LogP contribution in [0.4, 0.5) is 0 Å². The van der Waals surface area contributed by atoms with Gasteiger partial charge in [-0.3, -0.25) is 0 Å². The summed E-state index contributed by atoms with van der Waals surface area (Å²) in [6.45, 7) is 2.72. The number of hydrogen-bond acceptors (Lipinski definition) is 3. The zero-order valence-corrected chi connectivity index (χ0v) is 16.9. The molecular weight excluding hydrogens is 335 g/mol. The van der Waals surface area contributed by atoms with Crippen molar-refractivity contribution in [3.8, 4) is 0 Å². The Balaban J connectivity index is 1.39. The molecule has 0 bridgehead atoms. The molecule has 3 fully saturated rings. The molecule has 1 saturated heterocycles. The van der Waals surface area contributed by atoms with Gasteiger partial charge in [-0.15, -0.1) is 0 Å². The van der Waals surface area contributed by atoms with E-state index < -0.39 is 0 Å². The highest BCUT2D eigenvalue weighted by molar-refractivity contribution is 6.46. The molecule has 148 valence electrons. The average Bonchev–Trinajstić information content (AvgIpc) is 3.20. The summed E-state index contributed by atoms with van der Waals surface area (Å²) in [5.74, 6) is 1.36. The Morgan fingerprint density at radius 1 is 0.852 bits per heavy atom. The van der Waals surface area contributed by atoms with Crippen LogP contribution in [-0.2, 0) is 20.7 Å². The molecule has 2 saturated carbocycles. The van der Waals surface area contributed by atoms with Gasteiger partial charge >= 0.3 is 7.12 Å². The van der Waals surface area contributed by atoms with E-state index in [0.717, 1.165) is 0 Å². The molecule has 0 aromatic heterocycles. The van der Waals surface area contributed by atoms with Crippen LogP contribution in [-0.4, -0.2) is 25.3 Å². The van der Waals surface area contributed by atoms with Crippen molar-refractivity contribution in [3.05, 3.63) is 35.9 Å². The summed E-state index contributed by atoms with van der Waals surface area (Å²) in [6.07, 6.45) is 14.0. The summed E-state index contributed by atoms with van der Waals surface area (Å²) in [5, 5.41) is 0. The molecule has 1 heterocycles. The highest BCUT2D eigenvalue weighted by Gasteiger charge is 2.49.